The molecule has 8 nitrogen and oxygen atoms in total. The quantitative estimate of drug-likeness (QED) is 0.220. The first-order chi connectivity index (χ1) is 14.2. The molecule has 1 aromatic rings. The summed E-state index contributed by atoms with van der Waals surface area (Å²) in [5.74, 6) is 1.82. The molecular weight excluding hydrogens is 493 g/mol. The van der Waals surface area contributed by atoms with Gasteiger partial charge in [0.25, 0.3) is 0 Å². The lowest BCUT2D eigenvalue weighted by atomic mass is 10.0. The van der Waals surface area contributed by atoms with Gasteiger partial charge in [0.1, 0.15) is 5.82 Å². The van der Waals surface area contributed by atoms with Gasteiger partial charge >= 0.3 is 5.69 Å². The first-order valence-electron chi connectivity index (χ1n) is 11.6. The number of halogens is 1. The van der Waals surface area contributed by atoms with Crippen molar-refractivity contribution in [1.82, 2.24) is 29.9 Å². The molecule has 0 aromatic carbocycles. The molecule has 172 valence electrons. The monoisotopic (exact) mass is 533 g/mol. The minimum Gasteiger partial charge on any atom is -0.357 e. The largest absolute Gasteiger partial charge is 0.357 e. The van der Waals surface area contributed by atoms with Crippen molar-refractivity contribution in [3.63, 3.8) is 0 Å². The van der Waals surface area contributed by atoms with Crippen LogP contribution in [0.4, 0.5) is 0 Å². The molecule has 1 fully saturated rings. The van der Waals surface area contributed by atoms with E-state index in [1.54, 1.807) is 4.68 Å². The molecule has 0 spiro atoms. The van der Waals surface area contributed by atoms with Gasteiger partial charge in [-0.15, -0.1) is 24.0 Å². The smallest absolute Gasteiger partial charge is 0.345 e. The SMILES string of the molecule is CCNC(=NCCCn1nc2n(c1=O)CCCC2)NCCCN1CCCCC1C.I. The highest BCUT2D eigenvalue weighted by molar-refractivity contribution is 14.0. The van der Waals surface area contributed by atoms with Crippen LogP contribution in [-0.4, -0.2) is 64.0 Å². The van der Waals surface area contributed by atoms with Crippen molar-refractivity contribution in [2.75, 3.05) is 32.7 Å². The van der Waals surface area contributed by atoms with Crippen molar-refractivity contribution in [3.05, 3.63) is 16.3 Å². The molecule has 2 N–H and O–H groups in total. The average Bonchev–Trinajstić information content (AvgIpc) is 3.05. The molecule has 1 saturated heterocycles. The second-order valence-electron chi connectivity index (χ2n) is 8.31. The number of likely N-dealkylation sites (tertiary alicyclic amines) is 1. The minimum atomic E-state index is 0. The molecule has 1 unspecified atom stereocenters. The van der Waals surface area contributed by atoms with E-state index < -0.39 is 0 Å². The standard InChI is InChI=1S/C21H39N7O.HI/c1-3-22-20(23-12-8-15-26-14-6-4-10-18(26)2)24-13-9-17-28-21(29)27-16-7-5-11-19(27)25-28;/h18H,3-17H2,1-2H3,(H2,22,23,24);1H. The van der Waals surface area contributed by atoms with Gasteiger partial charge in [-0.2, -0.15) is 5.10 Å². The summed E-state index contributed by atoms with van der Waals surface area (Å²) in [5.41, 5.74) is 0.0423. The summed E-state index contributed by atoms with van der Waals surface area (Å²) >= 11 is 0. The molecule has 3 rings (SSSR count). The van der Waals surface area contributed by atoms with Crippen LogP contribution in [-0.2, 0) is 19.5 Å². The van der Waals surface area contributed by atoms with E-state index in [1.807, 2.05) is 4.57 Å². The van der Waals surface area contributed by atoms with Crippen LogP contribution in [0.3, 0.4) is 0 Å². The van der Waals surface area contributed by atoms with E-state index in [-0.39, 0.29) is 29.7 Å². The maximum Gasteiger partial charge on any atom is 0.345 e. The third-order valence-electron chi connectivity index (χ3n) is 6.03. The van der Waals surface area contributed by atoms with Crippen LogP contribution in [0.15, 0.2) is 9.79 Å². The van der Waals surface area contributed by atoms with Gasteiger partial charge in [-0.25, -0.2) is 9.48 Å². The fourth-order valence-electron chi connectivity index (χ4n) is 4.33. The molecule has 0 amide bonds. The Morgan fingerprint density at radius 1 is 1.13 bits per heavy atom. The fraction of sp³-hybridized carbons (Fsp3) is 0.857. The summed E-state index contributed by atoms with van der Waals surface area (Å²) in [6.45, 7) is 10.7. The van der Waals surface area contributed by atoms with Crippen LogP contribution in [0.25, 0.3) is 0 Å². The second-order valence-corrected chi connectivity index (χ2v) is 8.31. The van der Waals surface area contributed by atoms with Crippen LogP contribution in [0.2, 0.25) is 0 Å². The Morgan fingerprint density at radius 2 is 1.97 bits per heavy atom. The lowest BCUT2D eigenvalue weighted by Crippen LogP contribution is -2.41. The maximum atomic E-state index is 12.4. The lowest BCUT2D eigenvalue weighted by molar-refractivity contribution is 0.159. The van der Waals surface area contributed by atoms with Gasteiger partial charge in [0, 0.05) is 51.7 Å². The van der Waals surface area contributed by atoms with Crippen LogP contribution in [0, 0.1) is 0 Å². The van der Waals surface area contributed by atoms with E-state index >= 15 is 0 Å². The van der Waals surface area contributed by atoms with Crippen LogP contribution in [0.1, 0.15) is 64.6 Å². The van der Waals surface area contributed by atoms with Crippen molar-refractivity contribution >= 4 is 29.9 Å². The zero-order chi connectivity index (χ0) is 20.5. The Labute approximate surface area is 197 Å². The van der Waals surface area contributed by atoms with Gasteiger partial charge < -0.3 is 15.5 Å². The summed E-state index contributed by atoms with van der Waals surface area (Å²) in [5, 5.41) is 11.3. The second kappa shape index (κ2) is 13.3. The average molecular weight is 534 g/mol. The first kappa shape index (κ1) is 25.2. The van der Waals surface area contributed by atoms with Gasteiger partial charge in [-0.1, -0.05) is 6.42 Å². The number of hydrogen-bond donors (Lipinski definition) is 2. The number of fused-ring (bicyclic) bond motifs is 1. The molecule has 0 saturated carbocycles. The van der Waals surface area contributed by atoms with E-state index in [0.29, 0.717) is 13.1 Å². The Morgan fingerprint density at radius 3 is 2.73 bits per heavy atom. The van der Waals surface area contributed by atoms with Crippen molar-refractivity contribution in [2.45, 2.75) is 84.3 Å². The summed E-state index contributed by atoms with van der Waals surface area (Å²) in [7, 11) is 0. The first-order valence-corrected chi connectivity index (χ1v) is 11.6. The number of nitrogens with zero attached hydrogens (tertiary/aromatic N) is 5. The van der Waals surface area contributed by atoms with Gasteiger partial charge in [0.2, 0.25) is 0 Å². The molecule has 0 bridgehead atoms. The molecule has 30 heavy (non-hydrogen) atoms. The van der Waals surface area contributed by atoms with E-state index in [1.165, 1.54) is 25.8 Å². The van der Waals surface area contributed by atoms with Crippen molar-refractivity contribution in [1.29, 1.82) is 0 Å². The predicted molar refractivity (Wildman–Crippen MR) is 133 cm³/mol. The number of aromatic nitrogens is 3. The summed E-state index contributed by atoms with van der Waals surface area (Å²) in [6, 6.07) is 0.725. The zero-order valence-corrected chi connectivity index (χ0v) is 21.1. The Balaban J connectivity index is 0.00000320. The van der Waals surface area contributed by atoms with Crippen LogP contribution in [0.5, 0.6) is 0 Å². The third kappa shape index (κ3) is 7.25. The number of nitrogens with one attached hydrogen (secondary N) is 2. The third-order valence-corrected chi connectivity index (χ3v) is 6.03. The molecule has 0 radical (unpaired) electrons. The highest BCUT2D eigenvalue weighted by Crippen LogP contribution is 2.16. The number of guanidine groups is 1. The number of rotatable bonds is 9. The van der Waals surface area contributed by atoms with Gasteiger partial charge in [-0.3, -0.25) is 9.56 Å². The van der Waals surface area contributed by atoms with E-state index in [2.05, 4.69) is 39.5 Å². The summed E-state index contributed by atoms with van der Waals surface area (Å²) in [6.07, 6.45) is 9.13. The Hall–Kier alpha value is -1.10. The van der Waals surface area contributed by atoms with Gasteiger partial charge in [-0.05, 0) is 58.9 Å². The van der Waals surface area contributed by atoms with Crippen molar-refractivity contribution < 1.29 is 0 Å². The number of hydrogen-bond acceptors (Lipinski definition) is 4. The van der Waals surface area contributed by atoms with Crippen molar-refractivity contribution in [2.24, 2.45) is 4.99 Å². The van der Waals surface area contributed by atoms with Crippen LogP contribution < -0.4 is 16.3 Å². The molecule has 2 aliphatic rings. The fourth-order valence-corrected chi connectivity index (χ4v) is 4.33. The Kier molecular flexibility index (Phi) is 11.2. The molecule has 0 aliphatic carbocycles. The predicted octanol–water partition coefficient (Wildman–Crippen LogP) is 2.21. The number of aliphatic imine (C=N–C) groups is 1. The maximum absolute atomic E-state index is 12.4. The normalized spacial score (nSPS) is 19.8. The van der Waals surface area contributed by atoms with E-state index in [4.69, 9.17) is 0 Å². The van der Waals surface area contributed by atoms with Gasteiger partial charge in [0.15, 0.2) is 5.96 Å². The topological polar surface area (TPSA) is 79.5 Å². The summed E-state index contributed by atoms with van der Waals surface area (Å²) in [4.78, 5) is 19.6. The van der Waals surface area contributed by atoms with Crippen molar-refractivity contribution in [3.8, 4) is 0 Å². The van der Waals surface area contributed by atoms with E-state index in [9.17, 15) is 4.79 Å². The highest BCUT2D eigenvalue weighted by atomic mass is 127. The highest BCUT2D eigenvalue weighted by Gasteiger charge is 2.17. The molecule has 1 atom stereocenters. The van der Waals surface area contributed by atoms with Gasteiger partial charge in [0.05, 0.1) is 0 Å². The zero-order valence-electron chi connectivity index (χ0n) is 18.7. The minimum absolute atomic E-state index is 0. The molecule has 9 heteroatoms. The molecular formula is C21H40IN7O. The number of aryl methyl sites for hydroxylation is 2. The lowest BCUT2D eigenvalue weighted by Gasteiger charge is -2.33. The molecule has 3 heterocycles. The Bertz CT molecular complexity index is 715. The number of piperidine rings is 1. The van der Waals surface area contributed by atoms with Crippen LogP contribution >= 0.6 is 24.0 Å². The van der Waals surface area contributed by atoms with E-state index in [0.717, 1.165) is 76.1 Å². The molecule has 1 aromatic heterocycles. The molecule has 2 aliphatic heterocycles. The summed E-state index contributed by atoms with van der Waals surface area (Å²) < 4.78 is 3.46.